The summed E-state index contributed by atoms with van der Waals surface area (Å²) < 4.78 is 0. The van der Waals surface area contributed by atoms with Crippen molar-refractivity contribution < 1.29 is 0 Å². The Balaban J connectivity index is 3.05. The number of aromatic nitrogens is 2. The number of hydrogen-bond acceptors (Lipinski definition) is 3. The predicted molar refractivity (Wildman–Crippen MR) is 78.5 cm³/mol. The zero-order valence-corrected chi connectivity index (χ0v) is 12.9. The van der Waals surface area contributed by atoms with Gasteiger partial charge in [-0.1, -0.05) is 31.9 Å². The largest absolute Gasteiger partial charge is 0.357 e. The van der Waals surface area contributed by atoms with Crippen LogP contribution in [0, 0.1) is 6.92 Å². The molecule has 0 aliphatic carbocycles. The normalized spacial score (nSPS) is 12.6. The smallest absolute Gasteiger partial charge is 0.137 e. The lowest BCUT2D eigenvalue weighted by atomic mass is 10.1. The number of aryl methyl sites for hydroxylation is 1. The fourth-order valence-corrected chi connectivity index (χ4v) is 2.20. The van der Waals surface area contributed by atoms with Crippen LogP contribution in [-0.4, -0.2) is 23.1 Å². The summed E-state index contributed by atoms with van der Waals surface area (Å²) in [5.74, 6) is 1.82. The second-order valence-electron chi connectivity index (χ2n) is 4.88. The van der Waals surface area contributed by atoms with Crippen molar-refractivity contribution in [2.24, 2.45) is 0 Å². The molecule has 0 aliphatic heterocycles. The minimum absolute atomic E-state index is 0.467. The van der Waals surface area contributed by atoms with Gasteiger partial charge in [-0.05, 0) is 26.7 Å². The van der Waals surface area contributed by atoms with Crippen LogP contribution in [0.3, 0.4) is 0 Å². The first-order chi connectivity index (χ1) is 8.51. The predicted octanol–water partition coefficient (Wildman–Crippen LogP) is 4.02. The fourth-order valence-electron chi connectivity index (χ4n) is 2.02. The molecule has 0 saturated carbocycles. The molecule has 1 heterocycles. The molecule has 102 valence electrons. The number of anilines is 1. The highest BCUT2D eigenvalue weighted by atomic mass is 35.5. The van der Waals surface area contributed by atoms with Crippen LogP contribution in [0.2, 0.25) is 5.15 Å². The lowest BCUT2D eigenvalue weighted by Gasteiger charge is -2.27. The third-order valence-corrected chi connectivity index (χ3v) is 3.65. The maximum absolute atomic E-state index is 6.20. The van der Waals surface area contributed by atoms with Crippen LogP contribution >= 0.6 is 11.6 Å². The molecule has 1 aromatic heterocycles. The standard InChI is InChI=1S/C14H24ClN3/c1-6-8-10(3)18(5)14-11(4)13(15)16-12(17-14)9-7-2/h10H,6-9H2,1-5H3. The van der Waals surface area contributed by atoms with Crippen LogP contribution < -0.4 is 4.90 Å². The van der Waals surface area contributed by atoms with Gasteiger partial charge in [0.2, 0.25) is 0 Å². The van der Waals surface area contributed by atoms with E-state index in [1.807, 2.05) is 6.92 Å². The molecule has 0 saturated heterocycles. The minimum Gasteiger partial charge on any atom is -0.357 e. The summed E-state index contributed by atoms with van der Waals surface area (Å²) in [5, 5.41) is 0.582. The zero-order chi connectivity index (χ0) is 13.7. The summed E-state index contributed by atoms with van der Waals surface area (Å²) in [5.41, 5.74) is 0.974. The van der Waals surface area contributed by atoms with E-state index in [1.165, 1.54) is 6.42 Å². The van der Waals surface area contributed by atoms with Gasteiger partial charge in [0.15, 0.2) is 0 Å². The van der Waals surface area contributed by atoms with Crippen LogP contribution in [0.25, 0.3) is 0 Å². The summed E-state index contributed by atoms with van der Waals surface area (Å²) in [6, 6.07) is 0.467. The highest BCUT2D eigenvalue weighted by Crippen LogP contribution is 2.25. The SMILES string of the molecule is CCCc1nc(Cl)c(C)c(N(C)C(C)CCC)n1. The summed E-state index contributed by atoms with van der Waals surface area (Å²) in [7, 11) is 2.09. The average Bonchev–Trinajstić information content (AvgIpc) is 2.33. The van der Waals surface area contributed by atoms with E-state index < -0.39 is 0 Å². The molecule has 0 aliphatic rings. The molecule has 0 bridgehead atoms. The van der Waals surface area contributed by atoms with Crippen LogP contribution in [0.15, 0.2) is 0 Å². The van der Waals surface area contributed by atoms with E-state index in [4.69, 9.17) is 11.6 Å². The molecule has 1 rings (SSSR count). The van der Waals surface area contributed by atoms with Gasteiger partial charge in [-0.15, -0.1) is 0 Å². The Morgan fingerprint density at radius 3 is 2.44 bits per heavy atom. The van der Waals surface area contributed by atoms with Gasteiger partial charge in [0.1, 0.15) is 16.8 Å². The van der Waals surface area contributed by atoms with Crippen molar-refractivity contribution in [1.29, 1.82) is 0 Å². The van der Waals surface area contributed by atoms with Crippen molar-refractivity contribution in [3.63, 3.8) is 0 Å². The molecular weight excluding hydrogens is 246 g/mol. The Bertz CT molecular complexity index is 393. The van der Waals surface area contributed by atoms with Crippen LogP contribution in [0.4, 0.5) is 5.82 Å². The number of nitrogens with zero attached hydrogens (tertiary/aromatic N) is 3. The van der Waals surface area contributed by atoms with E-state index >= 15 is 0 Å². The van der Waals surface area contributed by atoms with Gasteiger partial charge in [-0.2, -0.15) is 0 Å². The van der Waals surface area contributed by atoms with E-state index in [9.17, 15) is 0 Å². The Hall–Kier alpha value is -0.830. The van der Waals surface area contributed by atoms with Crippen molar-refractivity contribution in [2.75, 3.05) is 11.9 Å². The summed E-state index contributed by atoms with van der Waals surface area (Å²) >= 11 is 6.20. The van der Waals surface area contributed by atoms with Gasteiger partial charge in [0.25, 0.3) is 0 Å². The first-order valence-electron chi connectivity index (χ1n) is 6.77. The number of rotatable bonds is 6. The average molecular weight is 270 g/mol. The van der Waals surface area contributed by atoms with Gasteiger partial charge in [0, 0.05) is 25.1 Å². The zero-order valence-electron chi connectivity index (χ0n) is 12.1. The van der Waals surface area contributed by atoms with E-state index in [0.717, 1.165) is 36.5 Å². The molecule has 4 heteroatoms. The second-order valence-corrected chi connectivity index (χ2v) is 5.24. The first-order valence-corrected chi connectivity index (χ1v) is 7.14. The van der Waals surface area contributed by atoms with E-state index in [1.54, 1.807) is 0 Å². The molecule has 1 unspecified atom stereocenters. The molecule has 0 fully saturated rings. The molecule has 3 nitrogen and oxygen atoms in total. The molecule has 1 atom stereocenters. The maximum Gasteiger partial charge on any atom is 0.137 e. The molecule has 0 amide bonds. The van der Waals surface area contributed by atoms with Gasteiger partial charge >= 0.3 is 0 Å². The molecule has 0 spiro atoms. The Morgan fingerprint density at radius 1 is 1.22 bits per heavy atom. The quantitative estimate of drug-likeness (QED) is 0.731. The van der Waals surface area contributed by atoms with Crippen molar-refractivity contribution >= 4 is 17.4 Å². The Morgan fingerprint density at radius 2 is 1.89 bits per heavy atom. The third-order valence-electron chi connectivity index (χ3n) is 3.28. The van der Waals surface area contributed by atoms with Crippen molar-refractivity contribution in [1.82, 2.24) is 9.97 Å². The third kappa shape index (κ3) is 3.58. The summed E-state index contributed by atoms with van der Waals surface area (Å²) in [6.45, 7) is 8.54. The van der Waals surface area contributed by atoms with E-state index in [0.29, 0.717) is 11.2 Å². The van der Waals surface area contributed by atoms with Gasteiger partial charge in [-0.25, -0.2) is 9.97 Å². The number of hydrogen-bond donors (Lipinski definition) is 0. The Kier molecular flexibility index (Phi) is 5.86. The van der Waals surface area contributed by atoms with E-state index in [-0.39, 0.29) is 0 Å². The summed E-state index contributed by atoms with van der Waals surface area (Å²) in [6.07, 6.45) is 4.24. The molecule has 0 N–H and O–H groups in total. The topological polar surface area (TPSA) is 29.0 Å². The molecule has 0 aromatic carbocycles. The Labute approximate surface area is 116 Å². The van der Waals surface area contributed by atoms with Crippen molar-refractivity contribution in [3.8, 4) is 0 Å². The molecular formula is C14H24ClN3. The monoisotopic (exact) mass is 269 g/mol. The van der Waals surface area contributed by atoms with Crippen LogP contribution in [0.1, 0.15) is 51.4 Å². The molecule has 18 heavy (non-hydrogen) atoms. The number of halogens is 1. The molecule has 0 radical (unpaired) electrons. The van der Waals surface area contributed by atoms with Gasteiger partial charge in [0.05, 0.1) is 0 Å². The highest BCUT2D eigenvalue weighted by molar-refractivity contribution is 6.30. The van der Waals surface area contributed by atoms with Gasteiger partial charge in [-0.3, -0.25) is 0 Å². The minimum atomic E-state index is 0.467. The van der Waals surface area contributed by atoms with Gasteiger partial charge < -0.3 is 4.90 Å². The fraction of sp³-hybridized carbons (Fsp3) is 0.714. The first kappa shape index (κ1) is 15.2. The maximum atomic E-state index is 6.20. The lowest BCUT2D eigenvalue weighted by Crippen LogP contribution is -2.30. The highest BCUT2D eigenvalue weighted by Gasteiger charge is 2.16. The van der Waals surface area contributed by atoms with Crippen molar-refractivity contribution in [2.45, 2.75) is 59.4 Å². The lowest BCUT2D eigenvalue weighted by molar-refractivity contribution is 0.607. The second kappa shape index (κ2) is 6.93. The van der Waals surface area contributed by atoms with Crippen LogP contribution in [0.5, 0.6) is 0 Å². The van der Waals surface area contributed by atoms with Crippen LogP contribution in [-0.2, 0) is 6.42 Å². The molecule has 1 aromatic rings. The summed E-state index contributed by atoms with van der Waals surface area (Å²) in [4.78, 5) is 11.2. The van der Waals surface area contributed by atoms with E-state index in [2.05, 4.69) is 42.7 Å². The van der Waals surface area contributed by atoms with Crippen molar-refractivity contribution in [3.05, 3.63) is 16.5 Å².